The standard InChI is InChI=1S/C19H22F3NO5S/c20-19(21,22)28-17-7-9-18(10-8-17)29(24,25)23-11-4-12-26-13-14-27-15-16-5-2-1-3-6-16/h1-3,5-10,23H,4,11-15H2. The summed E-state index contributed by atoms with van der Waals surface area (Å²) in [4.78, 5) is -0.151. The van der Waals surface area contributed by atoms with Crippen LogP contribution in [-0.2, 0) is 26.1 Å². The Hall–Kier alpha value is -2.14. The van der Waals surface area contributed by atoms with Gasteiger partial charge >= 0.3 is 6.36 Å². The second-order valence-corrected chi connectivity index (χ2v) is 7.69. The number of hydrogen-bond donors (Lipinski definition) is 1. The zero-order chi connectivity index (χ0) is 21.2. The summed E-state index contributed by atoms with van der Waals surface area (Å²) in [5.74, 6) is -0.487. The van der Waals surface area contributed by atoms with Crippen molar-refractivity contribution in [2.75, 3.05) is 26.4 Å². The number of benzene rings is 2. The molecule has 0 bridgehead atoms. The minimum atomic E-state index is -4.83. The van der Waals surface area contributed by atoms with Crippen molar-refractivity contribution in [3.63, 3.8) is 0 Å². The highest BCUT2D eigenvalue weighted by molar-refractivity contribution is 7.89. The molecule has 0 amide bonds. The fourth-order valence-corrected chi connectivity index (χ4v) is 3.34. The molecule has 2 aromatic carbocycles. The smallest absolute Gasteiger partial charge is 0.406 e. The minimum Gasteiger partial charge on any atom is -0.406 e. The van der Waals surface area contributed by atoms with Crippen LogP contribution in [0.2, 0.25) is 0 Å². The van der Waals surface area contributed by atoms with Crippen LogP contribution in [0.15, 0.2) is 59.5 Å². The molecule has 0 saturated heterocycles. The molecular weight excluding hydrogens is 411 g/mol. The van der Waals surface area contributed by atoms with Crippen molar-refractivity contribution in [3.8, 4) is 5.75 Å². The van der Waals surface area contributed by atoms with Crippen LogP contribution in [-0.4, -0.2) is 41.1 Å². The second kappa shape index (κ2) is 11.1. The van der Waals surface area contributed by atoms with Crippen molar-refractivity contribution < 1.29 is 35.8 Å². The van der Waals surface area contributed by atoms with Crippen molar-refractivity contribution in [3.05, 3.63) is 60.2 Å². The van der Waals surface area contributed by atoms with Crippen LogP contribution in [0, 0.1) is 0 Å². The molecule has 0 aliphatic heterocycles. The summed E-state index contributed by atoms with van der Waals surface area (Å²) >= 11 is 0. The lowest BCUT2D eigenvalue weighted by Gasteiger charge is -2.10. The molecule has 0 atom stereocenters. The van der Waals surface area contributed by atoms with Gasteiger partial charge in [-0.2, -0.15) is 0 Å². The van der Waals surface area contributed by atoms with Crippen molar-refractivity contribution in [2.45, 2.75) is 24.3 Å². The van der Waals surface area contributed by atoms with Gasteiger partial charge in [0.05, 0.1) is 24.7 Å². The van der Waals surface area contributed by atoms with E-state index in [1.165, 1.54) is 0 Å². The van der Waals surface area contributed by atoms with Gasteiger partial charge < -0.3 is 14.2 Å². The molecule has 10 heteroatoms. The molecule has 6 nitrogen and oxygen atoms in total. The lowest BCUT2D eigenvalue weighted by Crippen LogP contribution is -2.25. The largest absolute Gasteiger partial charge is 0.573 e. The summed E-state index contributed by atoms with van der Waals surface area (Å²) in [6.07, 6.45) is -4.39. The van der Waals surface area contributed by atoms with E-state index in [-0.39, 0.29) is 11.4 Å². The molecule has 2 rings (SSSR count). The summed E-state index contributed by atoms with van der Waals surface area (Å²) in [7, 11) is -3.82. The Morgan fingerprint density at radius 3 is 2.17 bits per heavy atom. The van der Waals surface area contributed by atoms with E-state index in [9.17, 15) is 21.6 Å². The van der Waals surface area contributed by atoms with Crippen LogP contribution < -0.4 is 9.46 Å². The van der Waals surface area contributed by atoms with Gasteiger partial charge in [0.1, 0.15) is 5.75 Å². The first-order valence-electron chi connectivity index (χ1n) is 8.81. The van der Waals surface area contributed by atoms with Crippen LogP contribution in [0.25, 0.3) is 0 Å². The summed E-state index contributed by atoms with van der Waals surface area (Å²) in [5.41, 5.74) is 1.07. The Morgan fingerprint density at radius 2 is 1.52 bits per heavy atom. The molecule has 29 heavy (non-hydrogen) atoms. The van der Waals surface area contributed by atoms with Gasteiger partial charge in [-0.15, -0.1) is 13.2 Å². The molecule has 0 fully saturated rings. The van der Waals surface area contributed by atoms with Crippen LogP contribution in [0.4, 0.5) is 13.2 Å². The lowest BCUT2D eigenvalue weighted by molar-refractivity contribution is -0.274. The Morgan fingerprint density at radius 1 is 0.862 bits per heavy atom. The first-order valence-corrected chi connectivity index (χ1v) is 10.3. The number of hydrogen-bond acceptors (Lipinski definition) is 5. The van der Waals surface area contributed by atoms with E-state index in [4.69, 9.17) is 9.47 Å². The molecule has 160 valence electrons. The van der Waals surface area contributed by atoms with Gasteiger partial charge in [-0.1, -0.05) is 30.3 Å². The number of rotatable bonds is 12. The zero-order valence-corrected chi connectivity index (χ0v) is 16.3. The number of halogens is 3. The van der Waals surface area contributed by atoms with E-state index >= 15 is 0 Å². The van der Waals surface area contributed by atoms with E-state index in [2.05, 4.69) is 9.46 Å². The molecule has 0 aliphatic carbocycles. The average Bonchev–Trinajstić information content (AvgIpc) is 2.66. The van der Waals surface area contributed by atoms with E-state index < -0.39 is 22.1 Å². The fraction of sp³-hybridized carbons (Fsp3) is 0.368. The summed E-state index contributed by atoms with van der Waals surface area (Å²) in [6.45, 7) is 1.79. The maximum absolute atomic E-state index is 12.1. The summed E-state index contributed by atoms with van der Waals surface area (Å²) in [6, 6.07) is 13.7. The van der Waals surface area contributed by atoms with Gasteiger partial charge in [0, 0.05) is 13.2 Å². The Balaban J connectivity index is 1.59. The highest BCUT2D eigenvalue weighted by atomic mass is 32.2. The van der Waals surface area contributed by atoms with Crippen molar-refractivity contribution in [1.29, 1.82) is 0 Å². The first kappa shape index (κ1) is 23.1. The molecule has 1 N–H and O–H groups in total. The highest BCUT2D eigenvalue weighted by Gasteiger charge is 2.31. The molecule has 0 aliphatic rings. The topological polar surface area (TPSA) is 73.9 Å². The van der Waals surface area contributed by atoms with Gasteiger partial charge in [0.25, 0.3) is 0 Å². The maximum Gasteiger partial charge on any atom is 0.573 e. The van der Waals surface area contributed by atoms with Crippen molar-refractivity contribution in [1.82, 2.24) is 4.72 Å². The van der Waals surface area contributed by atoms with Gasteiger partial charge in [0.15, 0.2) is 0 Å². The first-order chi connectivity index (χ1) is 13.8. The van der Waals surface area contributed by atoms with Crippen molar-refractivity contribution in [2.24, 2.45) is 0 Å². The molecule has 0 unspecified atom stereocenters. The van der Waals surface area contributed by atoms with E-state index in [1.54, 1.807) is 0 Å². The Labute approximate surface area is 167 Å². The SMILES string of the molecule is O=S(=O)(NCCCOCCOCc1ccccc1)c1ccc(OC(F)(F)F)cc1. The number of sulfonamides is 1. The van der Waals surface area contributed by atoms with Gasteiger partial charge in [-0.25, -0.2) is 13.1 Å². The maximum atomic E-state index is 12.1. The minimum absolute atomic E-state index is 0.133. The average molecular weight is 433 g/mol. The Bertz CT molecular complexity index is 827. The number of ether oxygens (including phenoxy) is 3. The molecule has 0 aromatic heterocycles. The van der Waals surface area contributed by atoms with Gasteiger partial charge in [-0.05, 0) is 36.2 Å². The fourth-order valence-electron chi connectivity index (χ4n) is 2.27. The molecule has 0 saturated carbocycles. The van der Waals surface area contributed by atoms with E-state index in [0.29, 0.717) is 32.8 Å². The quantitative estimate of drug-likeness (QED) is 0.519. The monoisotopic (exact) mass is 433 g/mol. The molecule has 0 radical (unpaired) electrons. The van der Waals surface area contributed by atoms with E-state index in [1.807, 2.05) is 30.3 Å². The molecule has 0 heterocycles. The predicted molar refractivity (Wildman–Crippen MR) is 99.8 cm³/mol. The Kier molecular flexibility index (Phi) is 8.90. The van der Waals surface area contributed by atoms with Crippen LogP contribution in [0.3, 0.4) is 0 Å². The molecule has 0 spiro atoms. The summed E-state index contributed by atoms with van der Waals surface area (Å²) in [5, 5.41) is 0. The van der Waals surface area contributed by atoms with E-state index in [0.717, 1.165) is 29.8 Å². The number of nitrogens with one attached hydrogen (secondary N) is 1. The highest BCUT2D eigenvalue weighted by Crippen LogP contribution is 2.23. The van der Waals surface area contributed by atoms with Crippen LogP contribution >= 0.6 is 0 Å². The third-order valence-corrected chi connectivity index (χ3v) is 5.09. The van der Waals surface area contributed by atoms with Crippen molar-refractivity contribution >= 4 is 10.0 Å². The lowest BCUT2D eigenvalue weighted by atomic mass is 10.2. The normalized spacial score (nSPS) is 12.1. The molecule has 2 aromatic rings. The third-order valence-electron chi connectivity index (χ3n) is 3.61. The third kappa shape index (κ3) is 9.27. The zero-order valence-electron chi connectivity index (χ0n) is 15.5. The summed E-state index contributed by atoms with van der Waals surface area (Å²) < 4.78 is 77.5. The number of alkyl halides is 3. The predicted octanol–water partition coefficient (Wildman–Crippen LogP) is 3.49. The second-order valence-electron chi connectivity index (χ2n) is 5.92. The van der Waals surface area contributed by atoms with Gasteiger partial charge in [0.2, 0.25) is 10.0 Å². The molecular formula is C19H22F3NO5S. The van der Waals surface area contributed by atoms with Crippen LogP contribution in [0.5, 0.6) is 5.75 Å². The van der Waals surface area contributed by atoms with Crippen LogP contribution in [0.1, 0.15) is 12.0 Å². The van der Waals surface area contributed by atoms with Gasteiger partial charge in [-0.3, -0.25) is 0 Å².